The zero-order valence-electron chi connectivity index (χ0n) is 12.5. The molecule has 0 spiro atoms. The molecule has 1 rings (SSSR count). The van der Waals surface area contributed by atoms with Crippen molar-refractivity contribution in [2.45, 2.75) is 58.5 Å². The van der Waals surface area contributed by atoms with Crippen LogP contribution >= 0.6 is 0 Å². The van der Waals surface area contributed by atoms with E-state index in [2.05, 4.69) is 6.92 Å². The lowest BCUT2D eigenvalue weighted by atomic mass is 10.1. The average molecular weight is 293 g/mol. The third-order valence-corrected chi connectivity index (χ3v) is 3.28. The molecule has 0 fully saturated rings. The van der Waals surface area contributed by atoms with Gasteiger partial charge in [-0.15, -0.1) is 0 Å². The molecule has 0 N–H and O–H groups in total. The molecular formula is C16H23NO4. The van der Waals surface area contributed by atoms with Crippen LogP contribution in [0.3, 0.4) is 0 Å². The number of ether oxygens (including phenoxy) is 1. The predicted molar refractivity (Wildman–Crippen MR) is 80.9 cm³/mol. The molecule has 5 heteroatoms. The largest absolute Gasteiger partial charge is 0.461 e. The first-order valence-electron chi connectivity index (χ1n) is 7.52. The summed E-state index contributed by atoms with van der Waals surface area (Å²) in [5.41, 5.74) is 0.800. The van der Waals surface area contributed by atoms with Gasteiger partial charge in [-0.25, -0.2) is 0 Å². The lowest BCUT2D eigenvalue weighted by molar-refractivity contribution is -0.384. The Bertz CT molecular complexity index is 442. The Morgan fingerprint density at radius 2 is 1.71 bits per heavy atom. The van der Waals surface area contributed by atoms with Gasteiger partial charge in [0.1, 0.15) is 6.61 Å². The van der Waals surface area contributed by atoms with Crippen molar-refractivity contribution in [3.8, 4) is 0 Å². The molecule has 0 saturated heterocycles. The molecule has 0 amide bonds. The fourth-order valence-electron chi connectivity index (χ4n) is 2.00. The Kier molecular flexibility index (Phi) is 8.09. The van der Waals surface area contributed by atoms with E-state index < -0.39 is 4.92 Å². The Hall–Kier alpha value is -1.91. The van der Waals surface area contributed by atoms with E-state index in [1.165, 1.54) is 37.8 Å². The molecule has 116 valence electrons. The average Bonchev–Trinajstić information content (AvgIpc) is 2.49. The number of hydrogen-bond donors (Lipinski definition) is 0. The highest BCUT2D eigenvalue weighted by molar-refractivity contribution is 5.69. The molecular weight excluding hydrogens is 270 g/mol. The highest BCUT2D eigenvalue weighted by Gasteiger charge is 2.06. The fourth-order valence-corrected chi connectivity index (χ4v) is 2.00. The molecule has 0 saturated carbocycles. The highest BCUT2D eigenvalue weighted by atomic mass is 16.6. The standard InChI is InChI=1S/C16H23NO4/c1-2-3-4-5-6-7-8-16(18)21-13-14-9-11-15(12-10-14)17(19)20/h9-12H,2-8,13H2,1H3. The number of nitro groups is 1. The monoisotopic (exact) mass is 293 g/mol. The second kappa shape index (κ2) is 9.91. The van der Waals surface area contributed by atoms with Crippen LogP contribution in [0.1, 0.15) is 57.4 Å². The number of unbranched alkanes of at least 4 members (excludes halogenated alkanes) is 5. The molecule has 21 heavy (non-hydrogen) atoms. The topological polar surface area (TPSA) is 69.4 Å². The van der Waals surface area contributed by atoms with Gasteiger partial charge in [-0.2, -0.15) is 0 Å². The van der Waals surface area contributed by atoms with Crippen LogP contribution in [0, 0.1) is 10.1 Å². The van der Waals surface area contributed by atoms with E-state index in [9.17, 15) is 14.9 Å². The highest BCUT2D eigenvalue weighted by Crippen LogP contribution is 2.13. The van der Waals surface area contributed by atoms with Crippen LogP contribution in [-0.4, -0.2) is 10.9 Å². The first-order valence-corrected chi connectivity index (χ1v) is 7.52. The number of hydrogen-bond acceptors (Lipinski definition) is 4. The molecule has 0 aliphatic heterocycles. The summed E-state index contributed by atoms with van der Waals surface area (Å²) in [6.07, 6.45) is 7.24. The van der Waals surface area contributed by atoms with Gasteiger partial charge in [0, 0.05) is 18.6 Å². The number of carbonyl (C=O) groups excluding carboxylic acids is 1. The molecule has 0 heterocycles. The number of carbonyl (C=O) groups is 1. The molecule has 1 aromatic carbocycles. The van der Waals surface area contributed by atoms with E-state index in [0.29, 0.717) is 6.42 Å². The molecule has 0 bridgehead atoms. The van der Waals surface area contributed by atoms with E-state index >= 15 is 0 Å². The van der Waals surface area contributed by atoms with Crippen molar-refractivity contribution in [2.24, 2.45) is 0 Å². The third kappa shape index (κ3) is 7.44. The molecule has 0 aromatic heterocycles. The maximum atomic E-state index is 11.5. The minimum Gasteiger partial charge on any atom is -0.461 e. The maximum Gasteiger partial charge on any atom is 0.306 e. The summed E-state index contributed by atoms with van der Waals surface area (Å²) in [5.74, 6) is -0.205. The molecule has 0 unspecified atom stereocenters. The second-order valence-electron chi connectivity index (χ2n) is 5.10. The van der Waals surface area contributed by atoms with Crippen molar-refractivity contribution in [1.29, 1.82) is 0 Å². The summed E-state index contributed by atoms with van der Waals surface area (Å²) in [5, 5.41) is 10.5. The van der Waals surface area contributed by atoms with Gasteiger partial charge in [-0.3, -0.25) is 14.9 Å². The third-order valence-electron chi connectivity index (χ3n) is 3.28. The van der Waals surface area contributed by atoms with Crippen LogP contribution in [0.5, 0.6) is 0 Å². The van der Waals surface area contributed by atoms with E-state index in [1.807, 2.05) is 0 Å². The summed E-state index contributed by atoms with van der Waals surface area (Å²) in [6, 6.07) is 6.04. The van der Waals surface area contributed by atoms with Gasteiger partial charge in [0.15, 0.2) is 0 Å². The molecule has 1 aromatic rings. The van der Waals surface area contributed by atoms with E-state index in [1.54, 1.807) is 12.1 Å². The second-order valence-corrected chi connectivity index (χ2v) is 5.10. The van der Waals surface area contributed by atoms with E-state index in [-0.39, 0.29) is 18.3 Å². The van der Waals surface area contributed by atoms with Crippen molar-refractivity contribution in [2.75, 3.05) is 0 Å². The van der Waals surface area contributed by atoms with Gasteiger partial charge >= 0.3 is 5.97 Å². The van der Waals surface area contributed by atoms with Gasteiger partial charge in [0.25, 0.3) is 5.69 Å². The van der Waals surface area contributed by atoms with Crippen LogP contribution in [0.25, 0.3) is 0 Å². The van der Waals surface area contributed by atoms with E-state index in [0.717, 1.165) is 18.4 Å². The summed E-state index contributed by atoms with van der Waals surface area (Å²) in [7, 11) is 0. The maximum absolute atomic E-state index is 11.5. The molecule has 0 aliphatic rings. The first kappa shape index (κ1) is 17.1. The fraction of sp³-hybridized carbons (Fsp3) is 0.562. The van der Waals surface area contributed by atoms with Gasteiger partial charge in [-0.1, -0.05) is 39.0 Å². The van der Waals surface area contributed by atoms with Crippen LogP contribution in [-0.2, 0) is 16.1 Å². The normalized spacial score (nSPS) is 10.3. The van der Waals surface area contributed by atoms with Crippen molar-refractivity contribution < 1.29 is 14.5 Å². The number of rotatable bonds is 10. The van der Waals surface area contributed by atoms with Crippen LogP contribution < -0.4 is 0 Å². The molecule has 0 radical (unpaired) electrons. The SMILES string of the molecule is CCCCCCCCC(=O)OCc1ccc([N+](=O)[O-])cc1. The van der Waals surface area contributed by atoms with Crippen LogP contribution in [0.15, 0.2) is 24.3 Å². The van der Waals surface area contributed by atoms with Gasteiger partial charge in [0.05, 0.1) is 4.92 Å². The van der Waals surface area contributed by atoms with Gasteiger partial charge < -0.3 is 4.74 Å². The Balaban J connectivity index is 2.16. The lowest BCUT2D eigenvalue weighted by Gasteiger charge is -2.05. The van der Waals surface area contributed by atoms with Gasteiger partial charge in [-0.05, 0) is 24.1 Å². The minimum absolute atomic E-state index is 0.0390. The predicted octanol–water partition coefficient (Wildman–Crippen LogP) is 4.39. The van der Waals surface area contributed by atoms with Crippen molar-refractivity contribution in [3.63, 3.8) is 0 Å². The minimum atomic E-state index is -0.450. The van der Waals surface area contributed by atoms with Crippen molar-refractivity contribution in [1.82, 2.24) is 0 Å². The Morgan fingerprint density at radius 3 is 2.33 bits per heavy atom. The Morgan fingerprint density at radius 1 is 1.10 bits per heavy atom. The van der Waals surface area contributed by atoms with Crippen molar-refractivity contribution in [3.05, 3.63) is 39.9 Å². The lowest BCUT2D eigenvalue weighted by Crippen LogP contribution is -2.04. The summed E-state index contributed by atoms with van der Waals surface area (Å²) < 4.78 is 5.15. The van der Waals surface area contributed by atoms with Crippen molar-refractivity contribution >= 4 is 11.7 Å². The smallest absolute Gasteiger partial charge is 0.306 e. The Labute approximate surface area is 125 Å². The summed E-state index contributed by atoms with van der Waals surface area (Å²) in [6.45, 7) is 2.35. The first-order chi connectivity index (χ1) is 10.1. The number of esters is 1. The molecule has 5 nitrogen and oxygen atoms in total. The zero-order valence-corrected chi connectivity index (χ0v) is 12.5. The molecule has 0 aliphatic carbocycles. The summed E-state index contributed by atoms with van der Waals surface area (Å²) in [4.78, 5) is 21.6. The molecule has 0 atom stereocenters. The van der Waals surface area contributed by atoms with Crippen LogP contribution in [0.4, 0.5) is 5.69 Å². The zero-order chi connectivity index (χ0) is 15.5. The quantitative estimate of drug-likeness (QED) is 0.278. The van der Waals surface area contributed by atoms with E-state index in [4.69, 9.17) is 4.74 Å². The van der Waals surface area contributed by atoms with Crippen LogP contribution in [0.2, 0.25) is 0 Å². The number of non-ortho nitro benzene ring substituents is 1. The number of benzene rings is 1. The van der Waals surface area contributed by atoms with Gasteiger partial charge in [0.2, 0.25) is 0 Å². The number of nitro benzene ring substituents is 1. The number of nitrogens with zero attached hydrogens (tertiary/aromatic N) is 1. The summed E-state index contributed by atoms with van der Waals surface area (Å²) >= 11 is 0.